The molecule has 5 nitrogen and oxygen atoms in total. The molecule has 0 spiro atoms. The first-order chi connectivity index (χ1) is 12.1. The number of anilines is 1. The Morgan fingerprint density at radius 2 is 1.76 bits per heavy atom. The molecule has 2 aromatic rings. The summed E-state index contributed by atoms with van der Waals surface area (Å²) in [7, 11) is 0. The van der Waals surface area contributed by atoms with Crippen LogP contribution in [0.4, 0.5) is 10.5 Å². The molecule has 0 atom stereocenters. The van der Waals surface area contributed by atoms with E-state index in [2.05, 4.69) is 5.32 Å². The molecule has 0 aromatic heterocycles. The van der Waals surface area contributed by atoms with Crippen LogP contribution in [0.25, 0.3) is 0 Å². The van der Waals surface area contributed by atoms with E-state index in [4.69, 9.17) is 16.3 Å². The summed E-state index contributed by atoms with van der Waals surface area (Å²) in [6, 6.07) is 16.2. The number of hydrogen-bond acceptors (Lipinski definition) is 3. The Balaban J connectivity index is 2.05. The Bertz CT molecular complexity index is 690. The molecule has 6 heteroatoms. The molecular weight excluding hydrogens is 340 g/mol. The fourth-order valence-corrected chi connectivity index (χ4v) is 2.37. The highest BCUT2D eigenvalue weighted by Gasteiger charge is 2.16. The summed E-state index contributed by atoms with van der Waals surface area (Å²) < 4.78 is 4.94. The van der Waals surface area contributed by atoms with Gasteiger partial charge < -0.3 is 15.0 Å². The van der Waals surface area contributed by atoms with Gasteiger partial charge in [0.2, 0.25) is 0 Å². The number of carbonyl (C=O) groups is 2. The van der Waals surface area contributed by atoms with Gasteiger partial charge in [0, 0.05) is 23.8 Å². The lowest BCUT2D eigenvalue weighted by atomic mass is 10.2. The van der Waals surface area contributed by atoms with Gasteiger partial charge in [0.15, 0.2) is 0 Å². The second kappa shape index (κ2) is 9.69. The second-order valence-corrected chi connectivity index (χ2v) is 5.84. The Kier molecular flexibility index (Phi) is 7.29. The quantitative estimate of drug-likeness (QED) is 0.748. The van der Waals surface area contributed by atoms with Crippen molar-refractivity contribution in [2.45, 2.75) is 19.9 Å². The minimum Gasteiger partial charge on any atom is -0.466 e. The van der Waals surface area contributed by atoms with E-state index < -0.39 is 0 Å². The van der Waals surface area contributed by atoms with Gasteiger partial charge in [-0.25, -0.2) is 4.79 Å². The molecule has 0 fully saturated rings. The largest absolute Gasteiger partial charge is 0.466 e. The minimum absolute atomic E-state index is 0.142. The van der Waals surface area contributed by atoms with Crippen molar-refractivity contribution in [3.63, 3.8) is 0 Å². The molecule has 0 saturated carbocycles. The summed E-state index contributed by atoms with van der Waals surface area (Å²) in [5, 5.41) is 3.47. The van der Waals surface area contributed by atoms with Gasteiger partial charge in [-0.05, 0) is 36.8 Å². The van der Waals surface area contributed by atoms with Crippen molar-refractivity contribution in [1.82, 2.24) is 4.90 Å². The highest BCUT2D eigenvalue weighted by molar-refractivity contribution is 6.30. The number of carbonyl (C=O) groups excluding carboxylic acids is 2. The number of nitrogens with zero attached hydrogens (tertiary/aromatic N) is 1. The average molecular weight is 361 g/mol. The number of para-hydroxylation sites is 1. The van der Waals surface area contributed by atoms with Gasteiger partial charge in [-0.3, -0.25) is 4.79 Å². The number of halogens is 1. The monoisotopic (exact) mass is 360 g/mol. The van der Waals surface area contributed by atoms with Gasteiger partial charge in [-0.2, -0.15) is 0 Å². The van der Waals surface area contributed by atoms with Gasteiger partial charge in [0.05, 0.1) is 13.0 Å². The van der Waals surface area contributed by atoms with E-state index in [1.54, 1.807) is 24.0 Å². The van der Waals surface area contributed by atoms with Crippen molar-refractivity contribution in [3.05, 3.63) is 65.2 Å². The molecule has 1 N–H and O–H groups in total. The summed E-state index contributed by atoms with van der Waals surface area (Å²) in [5.41, 5.74) is 1.63. The molecule has 2 rings (SSSR count). The first kappa shape index (κ1) is 18.8. The van der Waals surface area contributed by atoms with E-state index in [1.807, 2.05) is 42.5 Å². The summed E-state index contributed by atoms with van der Waals surface area (Å²) in [6.07, 6.45) is 0.142. The van der Waals surface area contributed by atoms with Gasteiger partial charge in [0.1, 0.15) is 0 Å². The maximum absolute atomic E-state index is 12.6. The van der Waals surface area contributed by atoms with Crippen LogP contribution in [0.1, 0.15) is 18.9 Å². The van der Waals surface area contributed by atoms with E-state index in [1.165, 1.54) is 0 Å². The second-order valence-electron chi connectivity index (χ2n) is 5.40. The zero-order chi connectivity index (χ0) is 18.1. The maximum atomic E-state index is 12.6. The van der Waals surface area contributed by atoms with E-state index in [0.29, 0.717) is 23.9 Å². The number of ether oxygens (including phenoxy) is 1. The summed E-state index contributed by atoms with van der Waals surface area (Å²) in [5.74, 6) is -0.323. The highest BCUT2D eigenvalue weighted by Crippen LogP contribution is 2.14. The van der Waals surface area contributed by atoms with Crippen molar-refractivity contribution in [2.75, 3.05) is 18.5 Å². The average Bonchev–Trinajstić information content (AvgIpc) is 2.61. The third-order valence-electron chi connectivity index (χ3n) is 3.49. The van der Waals surface area contributed by atoms with E-state index >= 15 is 0 Å². The number of amides is 2. The molecule has 0 unspecified atom stereocenters. The molecule has 0 heterocycles. The number of hydrogen-bond donors (Lipinski definition) is 1. The van der Waals surface area contributed by atoms with Gasteiger partial charge in [-0.15, -0.1) is 0 Å². The highest BCUT2D eigenvalue weighted by atomic mass is 35.5. The molecule has 0 aliphatic carbocycles. The molecule has 132 valence electrons. The van der Waals surface area contributed by atoms with Crippen molar-refractivity contribution in [1.29, 1.82) is 0 Å². The zero-order valence-corrected chi connectivity index (χ0v) is 14.8. The topological polar surface area (TPSA) is 58.6 Å². The van der Waals surface area contributed by atoms with Crippen LogP contribution in [0.15, 0.2) is 54.6 Å². The Morgan fingerprint density at radius 1 is 1.08 bits per heavy atom. The van der Waals surface area contributed by atoms with Crippen LogP contribution in [0.5, 0.6) is 0 Å². The number of benzene rings is 2. The molecule has 0 bridgehead atoms. The van der Waals surface area contributed by atoms with Crippen LogP contribution in [-0.2, 0) is 16.1 Å². The van der Waals surface area contributed by atoms with Crippen LogP contribution in [0.2, 0.25) is 5.02 Å². The standard InChI is InChI=1S/C19H21ClN2O3/c1-2-25-18(23)12-13-22(14-15-8-10-16(20)11-9-15)19(24)21-17-6-4-3-5-7-17/h3-11H,2,12-14H2,1H3,(H,21,24). The Morgan fingerprint density at radius 3 is 2.40 bits per heavy atom. The number of rotatable bonds is 7. The Labute approximate surface area is 152 Å². The molecule has 25 heavy (non-hydrogen) atoms. The third-order valence-corrected chi connectivity index (χ3v) is 3.74. The SMILES string of the molecule is CCOC(=O)CCN(Cc1ccc(Cl)cc1)C(=O)Nc1ccccc1. The number of nitrogens with one attached hydrogen (secondary N) is 1. The van der Waals surface area contributed by atoms with Crippen molar-refractivity contribution in [3.8, 4) is 0 Å². The predicted octanol–water partition coefficient (Wildman–Crippen LogP) is 4.33. The van der Waals surface area contributed by atoms with E-state index in [9.17, 15) is 9.59 Å². The maximum Gasteiger partial charge on any atom is 0.322 e. The zero-order valence-electron chi connectivity index (χ0n) is 14.1. The molecule has 0 radical (unpaired) electrons. The molecular formula is C19H21ClN2O3. The Hall–Kier alpha value is -2.53. The predicted molar refractivity (Wildman–Crippen MR) is 98.6 cm³/mol. The van der Waals surface area contributed by atoms with Crippen LogP contribution >= 0.6 is 11.6 Å². The van der Waals surface area contributed by atoms with Crippen LogP contribution in [0, 0.1) is 0 Å². The molecule has 0 saturated heterocycles. The smallest absolute Gasteiger partial charge is 0.322 e. The van der Waals surface area contributed by atoms with Crippen LogP contribution in [-0.4, -0.2) is 30.1 Å². The lowest BCUT2D eigenvalue weighted by Crippen LogP contribution is -2.36. The summed E-state index contributed by atoms with van der Waals surface area (Å²) in [4.78, 5) is 25.8. The van der Waals surface area contributed by atoms with Crippen molar-refractivity contribution in [2.24, 2.45) is 0 Å². The van der Waals surface area contributed by atoms with Gasteiger partial charge >= 0.3 is 12.0 Å². The van der Waals surface area contributed by atoms with Crippen LogP contribution < -0.4 is 5.32 Å². The van der Waals surface area contributed by atoms with E-state index in [0.717, 1.165) is 5.56 Å². The first-order valence-corrected chi connectivity index (χ1v) is 8.47. The van der Waals surface area contributed by atoms with Crippen LogP contribution in [0.3, 0.4) is 0 Å². The van der Waals surface area contributed by atoms with Gasteiger partial charge in [0.25, 0.3) is 0 Å². The fraction of sp³-hybridized carbons (Fsp3) is 0.263. The summed E-state index contributed by atoms with van der Waals surface area (Å²) >= 11 is 5.90. The number of urea groups is 1. The molecule has 0 aliphatic rings. The lowest BCUT2D eigenvalue weighted by molar-refractivity contribution is -0.143. The molecule has 2 aromatic carbocycles. The lowest BCUT2D eigenvalue weighted by Gasteiger charge is -2.23. The minimum atomic E-state index is -0.323. The molecule has 2 amide bonds. The van der Waals surface area contributed by atoms with Crippen molar-refractivity contribution >= 4 is 29.3 Å². The normalized spacial score (nSPS) is 10.2. The fourth-order valence-electron chi connectivity index (χ4n) is 2.25. The molecule has 0 aliphatic heterocycles. The van der Waals surface area contributed by atoms with Crippen molar-refractivity contribution < 1.29 is 14.3 Å². The number of esters is 1. The van der Waals surface area contributed by atoms with Gasteiger partial charge in [-0.1, -0.05) is 41.9 Å². The summed E-state index contributed by atoms with van der Waals surface area (Å²) in [6.45, 7) is 2.72. The third kappa shape index (κ3) is 6.47. The first-order valence-electron chi connectivity index (χ1n) is 8.09. The van der Waals surface area contributed by atoms with E-state index in [-0.39, 0.29) is 25.0 Å².